The van der Waals surface area contributed by atoms with Gasteiger partial charge in [0.05, 0.1) is 0 Å². The molecule has 0 heterocycles. The molecule has 0 aliphatic carbocycles. The van der Waals surface area contributed by atoms with Gasteiger partial charge in [-0.1, -0.05) is 54.9 Å². The minimum Gasteiger partial charge on any atom is -0.368 e. The van der Waals surface area contributed by atoms with Crippen LogP contribution in [0.5, 0.6) is 0 Å². The number of primary amides is 1. The van der Waals surface area contributed by atoms with Crippen LogP contribution in [-0.2, 0) is 4.79 Å². The quantitative estimate of drug-likeness (QED) is 0.544. The van der Waals surface area contributed by atoms with Gasteiger partial charge in [-0.25, -0.2) is 0 Å². The van der Waals surface area contributed by atoms with E-state index in [1.807, 2.05) is 0 Å². The molecular formula is C20H42N2O. The first-order chi connectivity index (χ1) is 10.5. The van der Waals surface area contributed by atoms with Gasteiger partial charge in [-0.15, -0.1) is 0 Å². The largest absolute Gasteiger partial charge is 0.368 e. The van der Waals surface area contributed by atoms with Crippen molar-refractivity contribution in [1.82, 2.24) is 5.32 Å². The van der Waals surface area contributed by atoms with Crippen molar-refractivity contribution >= 4 is 5.91 Å². The van der Waals surface area contributed by atoms with Gasteiger partial charge >= 0.3 is 0 Å². The number of amides is 1. The van der Waals surface area contributed by atoms with Crippen LogP contribution in [0.25, 0.3) is 0 Å². The standard InChI is InChI=1S/C20H42N2O/c1-9-10-17(8)22-20(19(21)23,13-16(6)7)18(11-14(2)3)12-15(4)5/h14-18,22H,9-13H2,1-8H3,(H2,21,23). The summed E-state index contributed by atoms with van der Waals surface area (Å²) in [4.78, 5) is 12.7. The van der Waals surface area contributed by atoms with Gasteiger partial charge in [0.2, 0.25) is 5.91 Å². The van der Waals surface area contributed by atoms with Crippen LogP contribution in [0.15, 0.2) is 0 Å². The molecular weight excluding hydrogens is 284 g/mol. The Hall–Kier alpha value is -0.570. The van der Waals surface area contributed by atoms with E-state index in [1.165, 1.54) is 0 Å². The molecule has 0 spiro atoms. The zero-order chi connectivity index (χ0) is 18.2. The van der Waals surface area contributed by atoms with Gasteiger partial charge in [-0.3, -0.25) is 4.79 Å². The fraction of sp³-hybridized carbons (Fsp3) is 0.950. The van der Waals surface area contributed by atoms with Crippen molar-refractivity contribution in [3.63, 3.8) is 0 Å². The molecule has 3 N–H and O–H groups in total. The molecule has 0 radical (unpaired) electrons. The van der Waals surface area contributed by atoms with Crippen molar-refractivity contribution in [3.05, 3.63) is 0 Å². The Morgan fingerprint density at radius 2 is 1.43 bits per heavy atom. The summed E-state index contributed by atoms with van der Waals surface area (Å²) in [7, 11) is 0. The van der Waals surface area contributed by atoms with Gasteiger partial charge in [0.1, 0.15) is 5.54 Å². The second-order valence-corrected chi connectivity index (χ2v) is 8.72. The van der Waals surface area contributed by atoms with Crippen molar-refractivity contribution < 1.29 is 4.79 Å². The molecule has 23 heavy (non-hydrogen) atoms. The smallest absolute Gasteiger partial charge is 0.238 e. The van der Waals surface area contributed by atoms with Crippen molar-refractivity contribution in [3.8, 4) is 0 Å². The van der Waals surface area contributed by atoms with E-state index in [4.69, 9.17) is 5.73 Å². The summed E-state index contributed by atoms with van der Waals surface area (Å²) < 4.78 is 0. The van der Waals surface area contributed by atoms with Crippen LogP contribution in [0.3, 0.4) is 0 Å². The molecule has 3 heteroatoms. The molecule has 0 rings (SSSR count). The molecule has 0 aromatic heterocycles. The van der Waals surface area contributed by atoms with Gasteiger partial charge in [0.15, 0.2) is 0 Å². The van der Waals surface area contributed by atoms with Crippen molar-refractivity contribution in [2.45, 2.75) is 99.1 Å². The van der Waals surface area contributed by atoms with Gasteiger partial charge in [-0.2, -0.15) is 0 Å². The van der Waals surface area contributed by atoms with E-state index in [-0.39, 0.29) is 5.91 Å². The van der Waals surface area contributed by atoms with Crippen molar-refractivity contribution in [1.29, 1.82) is 0 Å². The molecule has 0 saturated heterocycles. The Morgan fingerprint density at radius 1 is 0.957 bits per heavy atom. The monoisotopic (exact) mass is 326 g/mol. The lowest BCUT2D eigenvalue weighted by Gasteiger charge is -2.44. The third-order valence-corrected chi connectivity index (χ3v) is 4.60. The molecule has 0 aromatic carbocycles. The highest BCUT2D eigenvalue weighted by molar-refractivity contribution is 5.85. The predicted octanol–water partition coefficient (Wildman–Crippen LogP) is 4.74. The average Bonchev–Trinajstić information content (AvgIpc) is 2.35. The van der Waals surface area contributed by atoms with Gasteiger partial charge in [0, 0.05) is 6.04 Å². The van der Waals surface area contributed by atoms with Crippen LogP contribution in [0.1, 0.15) is 87.5 Å². The van der Waals surface area contributed by atoms with Crippen molar-refractivity contribution in [2.24, 2.45) is 29.4 Å². The molecule has 0 aliphatic rings. The van der Waals surface area contributed by atoms with Gasteiger partial charge in [-0.05, 0) is 56.3 Å². The molecule has 3 nitrogen and oxygen atoms in total. The molecule has 1 amide bonds. The summed E-state index contributed by atoms with van der Waals surface area (Å²) >= 11 is 0. The predicted molar refractivity (Wildman–Crippen MR) is 101 cm³/mol. The minimum atomic E-state index is -0.586. The van der Waals surface area contributed by atoms with Crippen LogP contribution in [0, 0.1) is 23.7 Å². The Kier molecular flexibility index (Phi) is 10.1. The van der Waals surface area contributed by atoms with E-state index >= 15 is 0 Å². The fourth-order valence-electron chi connectivity index (χ4n) is 3.94. The van der Waals surface area contributed by atoms with E-state index in [9.17, 15) is 4.79 Å². The minimum absolute atomic E-state index is 0.166. The van der Waals surface area contributed by atoms with E-state index in [1.54, 1.807) is 0 Å². The molecule has 138 valence electrons. The van der Waals surface area contributed by atoms with E-state index in [2.05, 4.69) is 60.7 Å². The first-order valence-electron chi connectivity index (χ1n) is 9.62. The molecule has 0 fully saturated rings. The summed E-state index contributed by atoms with van der Waals surface area (Å²) in [6.07, 6.45) is 5.09. The van der Waals surface area contributed by atoms with Gasteiger partial charge in [0.25, 0.3) is 0 Å². The maximum Gasteiger partial charge on any atom is 0.238 e. The summed E-state index contributed by atoms with van der Waals surface area (Å²) in [6, 6.07) is 0.313. The van der Waals surface area contributed by atoms with E-state index < -0.39 is 5.54 Å². The zero-order valence-corrected chi connectivity index (χ0v) is 16.9. The topological polar surface area (TPSA) is 55.1 Å². The maximum absolute atomic E-state index is 12.7. The fourth-order valence-corrected chi connectivity index (χ4v) is 3.94. The van der Waals surface area contributed by atoms with Crippen LogP contribution in [0.4, 0.5) is 0 Å². The Labute approximate surface area is 145 Å². The molecule has 0 bridgehead atoms. The number of nitrogens with one attached hydrogen (secondary N) is 1. The second kappa shape index (κ2) is 10.3. The van der Waals surface area contributed by atoms with Crippen LogP contribution < -0.4 is 11.1 Å². The number of nitrogens with two attached hydrogens (primary N) is 1. The maximum atomic E-state index is 12.7. The average molecular weight is 327 g/mol. The normalized spacial score (nSPS) is 16.3. The lowest BCUT2D eigenvalue weighted by Crippen LogP contribution is -2.63. The number of carbonyl (C=O) groups excluding carboxylic acids is 1. The van der Waals surface area contributed by atoms with Crippen LogP contribution in [-0.4, -0.2) is 17.5 Å². The van der Waals surface area contributed by atoms with Crippen LogP contribution in [0.2, 0.25) is 0 Å². The summed E-state index contributed by atoms with van der Waals surface area (Å²) in [5.41, 5.74) is 5.43. The number of hydrogen-bond donors (Lipinski definition) is 2. The molecule has 0 aromatic rings. The lowest BCUT2D eigenvalue weighted by atomic mass is 9.70. The molecule has 2 unspecified atom stereocenters. The summed E-state index contributed by atoms with van der Waals surface area (Å²) in [5, 5.41) is 3.70. The lowest BCUT2D eigenvalue weighted by molar-refractivity contribution is -0.128. The first kappa shape index (κ1) is 22.4. The Bertz CT molecular complexity index is 329. The highest BCUT2D eigenvalue weighted by Crippen LogP contribution is 2.35. The number of carbonyl (C=O) groups is 1. The summed E-state index contributed by atoms with van der Waals surface area (Å²) in [6.45, 7) is 17.7. The Morgan fingerprint density at radius 3 is 1.74 bits per heavy atom. The highest BCUT2D eigenvalue weighted by atomic mass is 16.1. The number of hydrogen-bond acceptors (Lipinski definition) is 2. The number of rotatable bonds is 12. The molecule has 0 saturated carbocycles. The van der Waals surface area contributed by atoms with E-state index in [0.717, 1.165) is 32.1 Å². The van der Waals surface area contributed by atoms with Crippen LogP contribution >= 0.6 is 0 Å². The SMILES string of the molecule is CCCC(C)NC(CC(C)C)(C(N)=O)C(CC(C)C)CC(C)C. The van der Waals surface area contributed by atoms with E-state index in [0.29, 0.717) is 29.7 Å². The first-order valence-corrected chi connectivity index (χ1v) is 9.62. The molecule has 2 atom stereocenters. The molecule has 0 aliphatic heterocycles. The highest BCUT2D eigenvalue weighted by Gasteiger charge is 2.45. The third-order valence-electron chi connectivity index (χ3n) is 4.60. The van der Waals surface area contributed by atoms with Gasteiger partial charge < -0.3 is 11.1 Å². The van der Waals surface area contributed by atoms with Crippen molar-refractivity contribution in [2.75, 3.05) is 0 Å². The second-order valence-electron chi connectivity index (χ2n) is 8.72. The third kappa shape index (κ3) is 7.69. The zero-order valence-electron chi connectivity index (χ0n) is 16.9. The Balaban J connectivity index is 5.72. The summed E-state index contributed by atoms with van der Waals surface area (Å²) in [5.74, 6) is 1.69.